The summed E-state index contributed by atoms with van der Waals surface area (Å²) in [6.45, 7) is 5.32. The lowest BCUT2D eigenvalue weighted by Crippen LogP contribution is -2.33. The molecule has 0 saturated carbocycles. The maximum absolute atomic E-state index is 12.3. The van der Waals surface area contributed by atoms with Crippen LogP contribution in [0.1, 0.15) is 45.1 Å². The third-order valence-corrected chi connectivity index (χ3v) is 4.16. The monoisotopic (exact) mass is 342 g/mol. The minimum Gasteiger partial charge on any atom is -0.459 e. The Hall–Kier alpha value is -2.60. The van der Waals surface area contributed by atoms with Crippen LogP contribution in [0.3, 0.4) is 0 Å². The molecule has 6 nitrogen and oxygen atoms in total. The lowest BCUT2D eigenvalue weighted by atomic mass is 10.1. The molecule has 2 aromatic rings. The summed E-state index contributed by atoms with van der Waals surface area (Å²) in [6, 6.07) is 8.55. The van der Waals surface area contributed by atoms with Crippen LogP contribution in [0.5, 0.6) is 0 Å². The topological polar surface area (TPSA) is 80.6 Å². The van der Waals surface area contributed by atoms with Gasteiger partial charge in [0.2, 0.25) is 0 Å². The van der Waals surface area contributed by atoms with Crippen LogP contribution in [0.2, 0.25) is 0 Å². The first-order chi connectivity index (χ1) is 12.0. The van der Waals surface area contributed by atoms with E-state index in [0.29, 0.717) is 17.0 Å². The third kappa shape index (κ3) is 4.28. The van der Waals surface area contributed by atoms with Gasteiger partial charge in [-0.05, 0) is 64.0 Å². The van der Waals surface area contributed by atoms with Crippen molar-refractivity contribution in [3.63, 3.8) is 0 Å². The average Bonchev–Trinajstić information content (AvgIpc) is 2.94. The zero-order valence-electron chi connectivity index (χ0n) is 14.4. The SMILES string of the molecule is Cc1cc(C)c(C(=O)Nc2cccc(C(=O)OC3CCNCC3)c2)o1. The van der Waals surface area contributed by atoms with Crippen LogP contribution < -0.4 is 10.6 Å². The fourth-order valence-corrected chi connectivity index (χ4v) is 2.91. The molecular formula is C19H22N2O4. The van der Waals surface area contributed by atoms with Gasteiger partial charge in [-0.1, -0.05) is 6.07 Å². The van der Waals surface area contributed by atoms with Gasteiger partial charge in [0.05, 0.1) is 5.56 Å². The number of anilines is 1. The van der Waals surface area contributed by atoms with E-state index in [1.807, 2.05) is 13.0 Å². The number of furan rings is 1. The minimum atomic E-state index is -0.368. The van der Waals surface area contributed by atoms with Crippen LogP contribution in [0.15, 0.2) is 34.7 Å². The van der Waals surface area contributed by atoms with Gasteiger partial charge in [-0.15, -0.1) is 0 Å². The highest BCUT2D eigenvalue weighted by Crippen LogP contribution is 2.18. The standard InChI is InChI=1S/C19H22N2O4/c1-12-10-13(2)24-17(12)18(22)21-15-5-3-4-14(11-15)19(23)25-16-6-8-20-9-7-16/h3-5,10-11,16,20H,6-9H2,1-2H3,(H,21,22). The number of hydrogen-bond donors (Lipinski definition) is 2. The molecule has 1 aromatic carbocycles. The number of esters is 1. The zero-order valence-corrected chi connectivity index (χ0v) is 14.4. The van der Waals surface area contributed by atoms with Gasteiger partial charge in [-0.25, -0.2) is 4.79 Å². The molecule has 6 heteroatoms. The smallest absolute Gasteiger partial charge is 0.338 e. The lowest BCUT2D eigenvalue weighted by Gasteiger charge is -2.22. The van der Waals surface area contributed by atoms with E-state index in [0.717, 1.165) is 31.5 Å². The Morgan fingerprint density at radius 1 is 1.20 bits per heavy atom. The van der Waals surface area contributed by atoms with Crippen LogP contribution in [-0.2, 0) is 4.74 Å². The Labute approximate surface area is 146 Å². The van der Waals surface area contributed by atoms with E-state index in [-0.39, 0.29) is 23.7 Å². The summed E-state index contributed by atoms with van der Waals surface area (Å²) in [5.41, 5.74) is 1.72. The molecule has 0 bridgehead atoms. The maximum Gasteiger partial charge on any atom is 0.338 e. The summed E-state index contributed by atoms with van der Waals surface area (Å²) >= 11 is 0. The molecule has 1 aliphatic rings. The van der Waals surface area contributed by atoms with E-state index in [9.17, 15) is 9.59 Å². The predicted molar refractivity (Wildman–Crippen MR) is 93.9 cm³/mol. The van der Waals surface area contributed by atoms with Crippen molar-refractivity contribution in [1.29, 1.82) is 0 Å². The molecule has 0 spiro atoms. The highest BCUT2D eigenvalue weighted by atomic mass is 16.5. The average molecular weight is 342 g/mol. The molecule has 3 rings (SSSR count). The van der Waals surface area contributed by atoms with Gasteiger partial charge >= 0.3 is 5.97 Å². The summed E-state index contributed by atoms with van der Waals surface area (Å²) in [7, 11) is 0. The van der Waals surface area contributed by atoms with Crippen molar-refractivity contribution in [2.24, 2.45) is 0 Å². The summed E-state index contributed by atoms with van der Waals surface area (Å²) in [6.07, 6.45) is 1.58. The number of benzene rings is 1. The van der Waals surface area contributed by atoms with Crippen LogP contribution in [0, 0.1) is 13.8 Å². The molecule has 1 aliphatic heterocycles. The summed E-state index contributed by atoms with van der Waals surface area (Å²) in [5.74, 6) is 0.254. The molecule has 1 aromatic heterocycles. The molecule has 25 heavy (non-hydrogen) atoms. The van der Waals surface area contributed by atoms with Crippen molar-refractivity contribution >= 4 is 17.6 Å². The van der Waals surface area contributed by atoms with Crippen LogP contribution in [-0.4, -0.2) is 31.1 Å². The number of amides is 1. The van der Waals surface area contributed by atoms with Crippen molar-refractivity contribution in [3.05, 3.63) is 53.0 Å². The predicted octanol–water partition coefficient (Wildman–Crippen LogP) is 3.06. The molecule has 0 aliphatic carbocycles. The Balaban J connectivity index is 1.67. The van der Waals surface area contributed by atoms with Gasteiger partial charge in [0.15, 0.2) is 5.76 Å². The second kappa shape index (κ2) is 7.53. The molecule has 2 heterocycles. The number of piperidine rings is 1. The van der Waals surface area contributed by atoms with Gasteiger partial charge in [-0.3, -0.25) is 4.79 Å². The van der Waals surface area contributed by atoms with E-state index in [2.05, 4.69) is 10.6 Å². The van der Waals surface area contributed by atoms with Gasteiger partial charge in [0.1, 0.15) is 11.9 Å². The second-order valence-electron chi connectivity index (χ2n) is 6.26. The van der Waals surface area contributed by atoms with Gasteiger partial charge in [0.25, 0.3) is 5.91 Å². The molecule has 0 unspecified atom stereocenters. The fraction of sp³-hybridized carbons (Fsp3) is 0.368. The van der Waals surface area contributed by atoms with Crippen LogP contribution in [0.25, 0.3) is 0 Å². The van der Waals surface area contributed by atoms with Gasteiger partial charge in [-0.2, -0.15) is 0 Å². The highest BCUT2D eigenvalue weighted by molar-refractivity contribution is 6.04. The summed E-state index contributed by atoms with van der Waals surface area (Å²) in [4.78, 5) is 24.6. The van der Waals surface area contributed by atoms with Crippen molar-refractivity contribution in [3.8, 4) is 0 Å². The van der Waals surface area contributed by atoms with Crippen LogP contribution in [0.4, 0.5) is 5.69 Å². The first-order valence-corrected chi connectivity index (χ1v) is 8.43. The first-order valence-electron chi connectivity index (χ1n) is 8.43. The molecule has 2 N–H and O–H groups in total. The van der Waals surface area contributed by atoms with E-state index in [4.69, 9.17) is 9.15 Å². The van der Waals surface area contributed by atoms with E-state index < -0.39 is 0 Å². The van der Waals surface area contributed by atoms with E-state index in [1.165, 1.54) is 0 Å². The number of rotatable bonds is 4. The molecule has 1 saturated heterocycles. The van der Waals surface area contributed by atoms with E-state index >= 15 is 0 Å². The van der Waals surface area contributed by atoms with Crippen molar-refractivity contribution in [1.82, 2.24) is 5.32 Å². The maximum atomic E-state index is 12.3. The number of hydrogen-bond acceptors (Lipinski definition) is 5. The summed E-state index contributed by atoms with van der Waals surface area (Å²) < 4.78 is 11.0. The van der Waals surface area contributed by atoms with Crippen LogP contribution >= 0.6 is 0 Å². The Kier molecular flexibility index (Phi) is 5.19. The minimum absolute atomic E-state index is 0.0549. The third-order valence-electron chi connectivity index (χ3n) is 4.16. The summed E-state index contributed by atoms with van der Waals surface area (Å²) in [5, 5.41) is 5.99. The largest absolute Gasteiger partial charge is 0.459 e. The molecular weight excluding hydrogens is 320 g/mol. The lowest BCUT2D eigenvalue weighted by molar-refractivity contribution is 0.0229. The molecule has 0 radical (unpaired) electrons. The Morgan fingerprint density at radius 3 is 2.64 bits per heavy atom. The molecule has 1 fully saturated rings. The second-order valence-corrected chi connectivity index (χ2v) is 6.26. The van der Waals surface area contributed by atoms with Crippen molar-refractivity contribution in [2.45, 2.75) is 32.8 Å². The van der Waals surface area contributed by atoms with Gasteiger partial charge in [0, 0.05) is 11.3 Å². The highest BCUT2D eigenvalue weighted by Gasteiger charge is 2.19. The Bertz CT molecular complexity index is 775. The number of carbonyl (C=O) groups is 2. The van der Waals surface area contributed by atoms with Gasteiger partial charge < -0.3 is 19.8 Å². The first kappa shape index (κ1) is 17.2. The van der Waals surface area contributed by atoms with Crippen molar-refractivity contribution < 1.29 is 18.7 Å². The number of aryl methyl sites for hydroxylation is 2. The number of nitrogens with one attached hydrogen (secondary N) is 2. The fourth-order valence-electron chi connectivity index (χ4n) is 2.91. The van der Waals surface area contributed by atoms with E-state index in [1.54, 1.807) is 31.2 Å². The quantitative estimate of drug-likeness (QED) is 0.835. The zero-order chi connectivity index (χ0) is 17.8. The molecule has 132 valence electrons. The molecule has 0 atom stereocenters. The Morgan fingerprint density at radius 2 is 1.96 bits per heavy atom. The number of ether oxygens (including phenoxy) is 1. The number of carbonyl (C=O) groups excluding carboxylic acids is 2. The van der Waals surface area contributed by atoms with Crippen molar-refractivity contribution in [2.75, 3.05) is 18.4 Å². The molecule has 1 amide bonds. The normalized spacial score (nSPS) is 15.0.